The molecule has 0 saturated carbocycles. The fourth-order valence-corrected chi connectivity index (χ4v) is 3.15. The van der Waals surface area contributed by atoms with Gasteiger partial charge in [-0.1, -0.05) is 13.3 Å². The Bertz CT molecular complexity index is 1120. The van der Waals surface area contributed by atoms with E-state index in [9.17, 15) is 25.1 Å². The van der Waals surface area contributed by atoms with E-state index in [0.29, 0.717) is 37.3 Å². The summed E-state index contributed by atoms with van der Waals surface area (Å²) in [4.78, 5) is 25.0. The molecule has 1 atom stereocenters. The number of aliphatic hydroxyl groups is 1. The number of aliphatic hydroxyl groups excluding tert-OH is 1. The number of pyridine rings is 1. The summed E-state index contributed by atoms with van der Waals surface area (Å²) in [5.74, 6) is -1.04. The molecule has 11 nitrogen and oxygen atoms in total. The van der Waals surface area contributed by atoms with E-state index in [0.717, 1.165) is 4.57 Å². The molecule has 0 aliphatic rings. The van der Waals surface area contributed by atoms with Crippen molar-refractivity contribution in [3.05, 3.63) is 51.3 Å². The predicted molar refractivity (Wildman–Crippen MR) is 126 cm³/mol. The molecular formula is C24H30N4O7. The molecule has 0 aliphatic heterocycles. The maximum atomic E-state index is 12.9. The molecule has 2 rings (SSSR count). The van der Waals surface area contributed by atoms with Crippen LogP contribution in [0, 0.1) is 18.3 Å². The van der Waals surface area contributed by atoms with Crippen LogP contribution in [0.4, 0.5) is 11.4 Å². The summed E-state index contributed by atoms with van der Waals surface area (Å²) in [5.41, 5.74) is -0.0849. The van der Waals surface area contributed by atoms with E-state index in [4.69, 9.17) is 14.2 Å². The number of nitriles is 1. The molecule has 188 valence electrons. The Labute approximate surface area is 203 Å². The first-order chi connectivity index (χ1) is 16.8. The average Bonchev–Trinajstić information content (AvgIpc) is 2.84. The van der Waals surface area contributed by atoms with Gasteiger partial charge in [-0.2, -0.15) is 10.4 Å². The summed E-state index contributed by atoms with van der Waals surface area (Å²) in [6.45, 7) is 4.42. The number of aromatic nitrogens is 1. The Morgan fingerprint density at radius 2 is 1.86 bits per heavy atom. The number of aromatic hydroxyl groups is 1. The zero-order valence-corrected chi connectivity index (χ0v) is 20.1. The molecular weight excluding hydrogens is 456 g/mol. The van der Waals surface area contributed by atoms with Crippen molar-refractivity contribution in [1.29, 1.82) is 5.26 Å². The number of esters is 1. The van der Waals surface area contributed by atoms with Gasteiger partial charge in [0.15, 0.2) is 5.69 Å². The number of hydrogen-bond acceptors (Lipinski definition) is 10. The first-order valence-corrected chi connectivity index (χ1v) is 11.1. The third-order valence-corrected chi connectivity index (χ3v) is 5.05. The summed E-state index contributed by atoms with van der Waals surface area (Å²) in [7, 11) is 1.57. The lowest BCUT2D eigenvalue weighted by Crippen LogP contribution is -2.27. The SMILES string of the molecule is CCCC(O)Cn1c(O)c(C#N)c(C)c(N=Nc2ccc(C(=O)OCCOCCOC)cc2)c1=O. The van der Waals surface area contributed by atoms with Gasteiger partial charge in [0.25, 0.3) is 5.56 Å². The molecule has 0 bridgehead atoms. The van der Waals surface area contributed by atoms with Gasteiger partial charge in [-0.15, -0.1) is 5.11 Å². The van der Waals surface area contributed by atoms with Crippen molar-refractivity contribution in [1.82, 2.24) is 4.57 Å². The summed E-state index contributed by atoms with van der Waals surface area (Å²) >= 11 is 0. The van der Waals surface area contributed by atoms with E-state index in [1.54, 1.807) is 7.11 Å². The number of methoxy groups -OCH3 is 1. The lowest BCUT2D eigenvalue weighted by Gasteiger charge is -2.16. The average molecular weight is 487 g/mol. The Balaban J connectivity index is 2.16. The van der Waals surface area contributed by atoms with E-state index in [1.807, 2.05) is 13.0 Å². The highest BCUT2D eigenvalue weighted by Gasteiger charge is 2.20. The monoisotopic (exact) mass is 486 g/mol. The number of nitrogens with zero attached hydrogens (tertiary/aromatic N) is 4. The summed E-state index contributed by atoms with van der Waals surface area (Å²) in [6, 6.07) is 7.93. The molecule has 0 radical (unpaired) electrons. The summed E-state index contributed by atoms with van der Waals surface area (Å²) < 4.78 is 16.1. The fourth-order valence-electron chi connectivity index (χ4n) is 3.15. The van der Waals surface area contributed by atoms with Gasteiger partial charge in [0.1, 0.15) is 18.2 Å². The van der Waals surface area contributed by atoms with Gasteiger partial charge < -0.3 is 24.4 Å². The van der Waals surface area contributed by atoms with Crippen LogP contribution in [0.15, 0.2) is 39.3 Å². The number of benzene rings is 1. The van der Waals surface area contributed by atoms with E-state index < -0.39 is 23.5 Å². The molecule has 0 aliphatic carbocycles. The van der Waals surface area contributed by atoms with Crippen molar-refractivity contribution in [3.63, 3.8) is 0 Å². The number of hydrogen-bond donors (Lipinski definition) is 2. The first kappa shape index (κ1) is 27.7. The topological polar surface area (TPSA) is 156 Å². The Kier molecular flexibility index (Phi) is 11.0. The minimum Gasteiger partial charge on any atom is -0.493 e. The predicted octanol–water partition coefficient (Wildman–Crippen LogP) is 3.13. The minimum atomic E-state index is -0.869. The quantitative estimate of drug-likeness (QED) is 0.248. The van der Waals surface area contributed by atoms with E-state index >= 15 is 0 Å². The van der Waals surface area contributed by atoms with Crippen molar-refractivity contribution in [3.8, 4) is 11.9 Å². The summed E-state index contributed by atoms with van der Waals surface area (Å²) in [5, 5.41) is 38.0. The highest BCUT2D eigenvalue weighted by molar-refractivity contribution is 5.89. The van der Waals surface area contributed by atoms with E-state index in [1.165, 1.54) is 31.2 Å². The molecule has 1 unspecified atom stereocenters. The molecule has 35 heavy (non-hydrogen) atoms. The van der Waals surface area contributed by atoms with E-state index in [2.05, 4.69) is 10.2 Å². The molecule has 0 amide bonds. The summed E-state index contributed by atoms with van der Waals surface area (Å²) in [6.07, 6.45) is 0.242. The van der Waals surface area contributed by atoms with Crippen molar-refractivity contribution >= 4 is 17.3 Å². The number of azo groups is 1. The Morgan fingerprint density at radius 1 is 1.17 bits per heavy atom. The maximum Gasteiger partial charge on any atom is 0.338 e. The third-order valence-electron chi connectivity index (χ3n) is 5.05. The van der Waals surface area contributed by atoms with Gasteiger partial charge in [-0.3, -0.25) is 9.36 Å². The van der Waals surface area contributed by atoms with Crippen LogP contribution in [0.2, 0.25) is 0 Å². The van der Waals surface area contributed by atoms with Crippen LogP contribution in [-0.4, -0.2) is 60.4 Å². The zero-order chi connectivity index (χ0) is 25.8. The number of carbonyl (C=O) groups excluding carboxylic acids is 1. The molecule has 1 aromatic heterocycles. The molecule has 1 aromatic carbocycles. The minimum absolute atomic E-state index is 0.102. The number of ether oxygens (including phenoxy) is 3. The lowest BCUT2D eigenvalue weighted by atomic mass is 10.1. The van der Waals surface area contributed by atoms with Crippen molar-refractivity contribution in [2.45, 2.75) is 39.3 Å². The van der Waals surface area contributed by atoms with Gasteiger partial charge in [-0.25, -0.2) is 4.79 Å². The second-order valence-corrected chi connectivity index (χ2v) is 7.63. The van der Waals surface area contributed by atoms with Gasteiger partial charge in [0.05, 0.1) is 43.7 Å². The third kappa shape index (κ3) is 7.71. The highest BCUT2D eigenvalue weighted by Crippen LogP contribution is 2.27. The second-order valence-electron chi connectivity index (χ2n) is 7.63. The van der Waals surface area contributed by atoms with Gasteiger partial charge >= 0.3 is 5.97 Å². The van der Waals surface area contributed by atoms with Crippen LogP contribution in [0.1, 0.15) is 41.3 Å². The van der Waals surface area contributed by atoms with Crippen LogP contribution in [0.3, 0.4) is 0 Å². The molecule has 2 aromatic rings. The smallest absolute Gasteiger partial charge is 0.338 e. The fraction of sp³-hybridized carbons (Fsp3) is 0.458. The molecule has 1 heterocycles. The van der Waals surface area contributed by atoms with Crippen LogP contribution in [0.5, 0.6) is 5.88 Å². The van der Waals surface area contributed by atoms with Crippen molar-refractivity contribution in [2.24, 2.45) is 10.2 Å². The van der Waals surface area contributed by atoms with Crippen LogP contribution >= 0.6 is 0 Å². The zero-order valence-electron chi connectivity index (χ0n) is 20.1. The highest BCUT2D eigenvalue weighted by atomic mass is 16.6. The first-order valence-electron chi connectivity index (χ1n) is 11.1. The van der Waals surface area contributed by atoms with Crippen molar-refractivity contribution in [2.75, 3.05) is 33.5 Å². The molecule has 0 saturated heterocycles. The molecule has 0 spiro atoms. The van der Waals surface area contributed by atoms with Gasteiger partial charge in [0, 0.05) is 12.7 Å². The molecule has 0 fully saturated rings. The largest absolute Gasteiger partial charge is 0.493 e. The van der Waals surface area contributed by atoms with Crippen LogP contribution in [-0.2, 0) is 20.8 Å². The van der Waals surface area contributed by atoms with Crippen LogP contribution < -0.4 is 5.56 Å². The van der Waals surface area contributed by atoms with Gasteiger partial charge in [-0.05, 0) is 37.6 Å². The molecule has 11 heteroatoms. The standard InChI is InChI=1S/C24H30N4O7/c1-4-5-19(29)15-28-22(30)20(14-25)16(2)21(23(28)31)27-26-18-8-6-17(7-9-18)24(32)35-13-12-34-11-10-33-3/h6-9,19,29-30H,4-5,10-13,15H2,1-3H3. The maximum absolute atomic E-state index is 12.9. The lowest BCUT2D eigenvalue weighted by molar-refractivity contribution is 0.0214. The number of rotatable bonds is 13. The van der Waals surface area contributed by atoms with Crippen molar-refractivity contribution < 1.29 is 29.2 Å². The Morgan fingerprint density at radius 3 is 2.49 bits per heavy atom. The molecule has 2 N–H and O–H groups in total. The van der Waals surface area contributed by atoms with Gasteiger partial charge in [0.2, 0.25) is 5.88 Å². The Hall–Kier alpha value is -3.59. The van der Waals surface area contributed by atoms with E-state index in [-0.39, 0.29) is 36.6 Å². The van der Waals surface area contributed by atoms with Crippen LogP contribution in [0.25, 0.3) is 0 Å². The second kappa shape index (κ2) is 14.0. The number of carbonyl (C=O) groups is 1. The normalized spacial score (nSPS) is 12.0.